The summed E-state index contributed by atoms with van der Waals surface area (Å²) in [4.78, 5) is 8.71. The van der Waals surface area contributed by atoms with Crippen LogP contribution < -0.4 is 5.32 Å². The highest BCUT2D eigenvalue weighted by atomic mass is 15.0. The van der Waals surface area contributed by atoms with Crippen molar-refractivity contribution in [2.45, 2.75) is 13.8 Å². The first-order valence-corrected chi connectivity index (χ1v) is 5.83. The molecule has 0 aliphatic carbocycles. The molecule has 0 saturated carbocycles. The molecule has 4 nitrogen and oxygen atoms in total. The van der Waals surface area contributed by atoms with E-state index in [0.29, 0.717) is 11.4 Å². The van der Waals surface area contributed by atoms with Crippen molar-refractivity contribution in [2.24, 2.45) is 0 Å². The first kappa shape index (κ1) is 12.1. The molecule has 1 aromatic carbocycles. The van der Waals surface area contributed by atoms with Crippen molar-refractivity contribution in [1.29, 1.82) is 5.26 Å². The van der Waals surface area contributed by atoms with Crippen molar-refractivity contribution in [2.75, 3.05) is 11.9 Å². The fourth-order valence-electron chi connectivity index (χ4n) is 1.74. The third-order valence-corrected chi connectivity index (χ3v) is 2.48. The van der Waals surface area contributed by atoms with Gasteiger partial charge >= 0.3 is 0 Å². The molecule has 90 valence electrons. The summed E-state index contributed by atoms with van der Waals surface area (Å²) >= 11 is 0. The molecule has 2 rings (SSSR count). The molecule has 0 aliphatic heterocycles. The molecule has 1 N–H and O–H groups in total. The largest absolute Gasteiger partial charge is 0.370 e. The van der Waals surface area contributed by atoms with E-state index in [2.05, 4.69) is 21.4 Å². The molecule has 0 fully saturated rings. The smallest absolute Gasteiger partial charge is 0.130 e. The average molecular weight is 238 g/mol. The van der Waals surface area contributed by atoms with Crippen LogP contribution in [0.1, 0.15) is 18.3 Å². The lowest BCUT2D eigenvalue weighted by Gasteiger charge is -2.07. The molecule has 0 unspecified atom stereocenters. The van der Waals surface area contributed by atoms with Gasteiger partial charge in [-0.2, -0.15) is 5.26 Å². The zero-order valence-corrected chi connectivity index (χ0v) is 10.4. The Bertz CT molecular complexity index is 599. The fraction of sp³-hybridized carbons (Fsp3) is 0.214. The van der Waals surface area contributed by atoms with Gasteiger partial charge < -0.3 is 5.32 Å². The van der Waals surface area contributed by atoms with E-state index in [1.54, 1.807) is 6.07 Å². The van der Waals surface area contributed by atoms with Gasteiger partial charge in [-0.05, 0) is 26.0 Å². The number of anilines is 1. The van der Waals surface area contributed by atoms with Crippen LogP contribution >= 0.6 is 0 Å². The van der Waals surface area contributed by atoms with Crippen LogP contribution in [0.4, 0.5) is 5.82 Å². The van der Waals surface area contributed by atoms with Crippen molar-refractivity contribution in [3.05, 3.63) is 41.7 Å². The van der Waals surface area contributed by atoms with E-state index in [4.69, 9.17) is 5.26 Å². The Morgan fingerprint density at radius 1 is 1.28 bits per heavy atom. The average Bonchev–Trinajstić information content (AvgIpc) is 2.38. The minimum absolute atomic E-state index is 0.633. The molecule has 0 radical (unpaired) electrons. The predicted molar refractivity (Wildman–Crippen MR) is 71.1 cm³/mol. The summed E-state index contributed by atoms with van der Waals surface area (Å²) in [5.74, 6) is 1.52. The second-order valence-electron chi connectivity index (χ2n) is 3.91. The highest BCUT2D eigenvalue weighted by Gasteiger charge is 2.04. The molecular formula is C14H14N4. The molecular weight excluding hydrogens is 224 g/mol. The number of nitrogens with zero attached hydrogens (tertiary/aromatic N) is 3. The maximum atomic E-state index is 8.91. The summed E-state index contributed by atoms with van der Waals surface area (Å²) in [7, 11) is 0. The number of nitriles is 1. The summed E-state index contributed by atoms with van der Waals surface area (Å²) in [6.45, 7) is 4.69. The quantitative estimate of drug-likeness (QED) is 0.893. The van der Waals surface area contributed by atoms with Crippen LogP contribution in [0.15, 0.2) is 30.3 Å². The first-order chi connectivity index (χ1) is 8.72. The molecule has 0 amide bonds. The summed E-state index contributed by atoms with van der Waals surface area (Å²) in [5.41, 5.74) is 2.39. The highest BCUT2D eigenvalue weighted by Crippen LogP contribution is 2.20. The SMILES string of the molecule is CCNc1cc(-c2cccc(C#N)c2)nc(C)n1. The van der Waals surface area contributed by atoms with Crippen molar-refractivity contribution < 1.29 is 0 Å². The summed E-state index contributed by atoms with van der Waals surface area (Å²) in [5, 5.41) is 12.1. The number of hydrogen-bond donors (Lipinski definition) is 1. The lowest BCUT2D eigenvalue weighted by Crippen LogP contribution is -2.02. The summed E-state index contributed by atoms with van der Waals surface area (Å²) < 4.78 is 0. The Morgan fingerprint density at radius 2 is 2.11 bits per heavy atom. The van der Waals surface area contributed by atoms with Gasteiger partial charge in [-0.25, -0.2) is 9.97 Å². The molecule has 0 atom stereocenters. The minimum Gasteiger partial charge on any atom is -0.370 e. The molecule has 0 spiro atoms. The van der Waals surface area contributed by atoms with Crippen molar-refractivity contribution in [1.82, 2.24) is 9.97 Å². The Morgan fingerprint density at radius 3 is 2.83 bits per heavy atom. The number of aryl methyl sites for hydroxylation is 1. The lowest BCUT2D eigenvalue weighted by molar-refractivity contribution is 1.04. The van der Waals surface area contributed by atoms with Gasteiger partial charge in [0.2, 0.25) is 0 Å². The molecule has 2 aromatic rings. The van der Waals surface area contributed by atoms with Gasteiger partial charge in [0.25, 0.3) is 0 Å². The number of benzene rings is 1. The highest BCUT2D eigenvalue weighted by molar-refractivity contribution is 5.64. The van der Waals surface area contributed by atoms with E-state index in [1.807, 2.05) is 38.1 Å². The predicted octanol–water partition coefficient (Wildman–Crippen LogP) is 2.76. The third-order valence-electron chi connectivity index (χ3n) is 2.48. The van der Waals surface area contributed by atoms with E-state index in [1.165, 1.54) is 0 Å². The molecule has 4 heteroatoms. The normalized spacial score (nSPS) is 9.83. The van der Waals surface area contributed by atoms with E-state index in [-0.39, 0.29) is 0 Å². The number of rotatable bonds is 3. The van der Waals surface area contributed by atoms with Gasteiger partial charge in [0.05, 0.1) is 17.3 Å². The zero-order chi connectivity index (χ0) is 13.0. The molecule has 1 heterocycles. The van der Waals surface area contributed by atoms with Crippen LogP contribution in [0.2, 0.25) is 0 Å². The van der Waals surface area contributed by atoms with Crippen molar-refractivity contribution >= 4 is 5.82 Å². The zero-order valence-electron chi connectivity index (χ0n) is 10.4. The fourth-order valence-corrected chi connectivity index (χ4v) is 1.74. The van der Waals surface area contributed by atoms with Crippen molar-refractivity contribution in [3.8, 4) is 17.3 Å². The number of nitrogens with one attached hydrogen (secondary N) is 1. The first-order valence-electron chi connectivity index (χ1n) is 5.83. The molecule has 0 saturated heterocycles. The van der Waals surface area contributed by atoms with E-state index in [9.17, 15) is 0 Å². The molecule has 1 aromatic heterocycles. The van der Waals surface area contributed by atoms with Gasteiger partial charge in [-0.3, -0.25) is 0 Å². The van der Waals surface area contributed by atoms with Crippen LogP contribution in [-0.2, 0) is 0 Å². The van der Waals surface area contributed by atoms with Crippen LogP contribution in [0.25, 0.3) is 11.3 Å². The second kappa shape index (κ2) is 5.28. The monoisotopic (exact) mass is 238 g/mol. The number of aromatic nitrogens is 2. The van der Waals surface area contributed by atoms with Crippen LogP contribution in [0, 0.1) is 18.3 Å². The van der Waals surface area contributed by atoms with Gasteiger partial charge in [0.15, 0.2) is 0 Å². The third kappa shape index (κ3) is 2.64. The molecule has 0 bridgehead atoms. The maximum Gasteiger partial charge on any atom is 0.130 e. The maximum absolute atomic E-state index is 8.91. The Labute approximate surface area is 106 Å². The lowest BCUT2D eigenvalue weighted by atomic mass is 10.1. The van der Waals surface area contributed by atoms with Crippen LogP contribution in [-0.4, -0.2) is 16.5 Å². The summed E-state index contributed by atoms with van der Waals surface area (Å²) in [6.07, 6.45) is 0. The van der Waals surface area contributed by atoms with Crippen molar-refractivity contribution in [3.63, 3.8) is 0 Å². The van der Waals surface area contributed by atoms with Crippen LogP contribution in [0.3, 0.4) is 0 Å². The topological polar surface area (TPSA) is 61.6 Å². The van der Waals surface area contributed by atoms with E-state index in [0.717, 1.165) is 23.6 Å². The van der Waals surface area contributed by atoms with Gasteiger partial charge in [-0.15, -0.1) is 0 Å². The minimum atomic E-state index is 0.633. The Hall–Kier alpha value is -2.41. The van der Waals surface area contributed by atoms with Gasteiger partial charge in [-0.1, -0.05) is 12.1 Å². The summed E-state index contributed by atoms with van der Waals surface area (Å²) in [6, 6.07) is 11.4. The van der Waals surface area contributed by atoms with E-state index >= 15 is 0 Å². The molecule has 0 aliphatic rings. The molecule has 18 heavy (non-hydrogen) atoms. The van der Waals surface area contributed by atoms with E-state index < -0.39 is 0 Å². The standard InChI is InChI=1S/C14H14N4/c1-3-16-14-8-13(17-10(2)18-14)12-6-4-5-11(7-12)9-15/h4-8H,3H2,1-2H3,(H,16,17,18). The van der Waals surface area contributed by atoms with Crippen LogP contribution in [0.5, 0.6) is 0 Å². The number of hydrogen-bond acceptors (Lipinski definition) is 4. The Balaban J connectivity index is 2.46. The Kier molecular flexibility index (Phi) is 3.54. The van der Waals surface area contributed by atoms with Gasteiger partial charge in [0, 0.05) is 18.2 Å². The second-order valence-corrected chi connectivity index (χ2v) is 3.91. The van der Waals surface area contributed by atoms with Gasteiger partial charge in [0.1, 0.15) is 11.6 Å².